The quantitative estimate of drug-likeness (QED) is 0.134. The van der Waals surface area contributed by atoms with Gasteiger partial charge in [-0.15, -0.1) is 0 Å². The highest BCUT2D eigenvalue weighted by Crippen LogP contribution is 2.45. The lowest BCUT2D eigenvalue weighted by Crippen LogP contribution is -2.34. The largest absolute Gasteiger partial charge is 0.480 e. The number of aliphatic imine (C=N–C) groups is 1. The normalized spacial score (nSPS) is 14.8. The monoisotopic (exact) mass is 628 g/mol. The van der Waals surface area contributed by atoms with Gasteiger partial charge in [-0.05, 0) is 61.9 Å². The van der Waals surface area contributed by atoms with Crippen molar-refractivity contribution < 1.29 is 27.4 Å². The second kappa shape index (κ2) is 12.8. The molecule has 1 saturated carbocycles. The fraction of sp³-hybridized carbons (Fsp3) is 0.344. The summed E-state index contributed by atoms with van der Waals surface area (Å²) in [6, 6.07) is 7.45. The first-order valence-corrected chi connectivity index (χ1v) is 14.6. The molecule has 1 aliphatic rings. The van der Waals surface area contributed by atoms with Gasteiger partial charge in [0.15, 0.2) is 5.69 Å². The predicted molar refractivity (Wildman–Crippen MR) is 167 cm³/mol. The molecule has 1 fully saturated rings. The van der Waals surface area contributed by atoms with Crippen molar-refractivity contribution in [2.45, 2.75) is 64.1 Å². The van der Waals surface area contributed by atoms with Crippen molar-refractivity contribution in [3.8, 4) is 17.3 Å². The number of aryl methyl sites for hydroxylation is 1. The summed E-state index contributed by atoms with van der Waals surface area (Å²) in [5.74, 6) is -0.592. The summed E-state index contributed by atoms with van der Waals surface area (Å²) in [6.45, 7) is 5.82. The van der Waals surface area contributed by atoms with Crippen LogP contribution in [-0.4, -0.2) is 58.1 Å². The maximum absolute atomic E-state index is 15.9. The van der Waals surface area contributed by atoms with Gasteiger partial charge in [-0.25, -0.2) is 24.3 Å². The minimum atomic E-state index is -4.86. The number of aromatic nitrogens is 5. The molecule has 0 spiro atoms. The number of alkyl halides is 3. The van der Waals surface area contributed by atoms with Crippen LogP contribution in [-0.2, 0) is 18.1 Å². The van der Waals surface area contributed by atoms with Crippen LogP contribution in [0.25, 0.3) is 17.1 Å². The minimum absolute atomic E-state index is 0.0286. The molecule has 5 rings (SSSR count). The Bertz CT molecular complexity index is 1830. The van der Waals surface area contributed by atoms with Gasteiger partial charge < -0.3 is 14.4 Å². The number of imidazole rings is 1. The maximum atomic E-state index is 15.9. The molecule has 1 aromatic carbocycles. The van der Waals surface area contributed by atoms with Gasteiger partial charge in [0.25, 0.3) is 0 Å². The minimum Gasteiger partial charge on any atom is -0.480 e. The van der Waals surface area contributed by atoms with Gasteiger partial charge in [-0.3, -0.25) is 4.98 Å². The zero-order valence-corrected chi connectivity index (χ0v) is 25.7. The third-order valence-electron chi connectivity index (χ3n) is 7.75. The highest BCUT2D eigenvalue weighted by atomic mass is 19.4. The Morgan fingerprint density at radius 1 is 1.15 bits per heavy atom. The molecule has 1 aliphatic carbocycles. The number of benzene rings is 1. The Hall–Kier alpha value is -4.32. The van der Waals surface area contributed by atoms with Gasteiger partial charge in [0.2, 0.25) is 5.88 Å². The number of nitrogens with zero attached hydrogens (tertiary/aromatic N) is 6. The summed E-state index contributed by atoms with van der Waals surface area (Å²) in [4.78, 5) is 22.2. The molecule has 0 atom stereocenters. The molecule has 234 valence electrons. The number of rotatable bonds is 10. The molecule has 46 heavy (non-hydrogen) atoms. The van der Waals surface area contributed by atoms with Crippen molar-refractivity contribution in [1.82, 2.24) is 24.5 Å². The van der Waals surface area contributed by atoms with E-state index in [9.17, 15) is 18.3 Å². The second-order valence-corrected chi connectivity index (χ2v) is 11.2. The van der Waals surface area contributed by atoms with Crippen molar-refractivity contribution >= 4 is 27.1 Å². The summed E-state index contributed by atoms with van der Waals surface area (Å²) < 4.78 is 62.4. The SMILES string of the molecule is [B]C([B])(O)n1cc(C(F)(F)F)nc1-c1ccc(CC(=N/C(=C(\C)CC)c2c(OC)ncnc2C2CC2)c2ncccc2C)c(F)c1. The van der Waals surface area contributed by atoms with Crippen LogP contribution in [0.5, 0.6) is 5.88 Å². The standard InChI is InChI=1S/C32H30B2F4N6O2/c1-5-17(2)27(25-28(19-8-9-19)40-16-41-30(25)46-4)42-23(26-18(3)7-6-12-39-26)14-20-10-11-21(13-22(20)35)29-43-24(31(36,37)38)15-44(29)32(33,34)45/h6-7,10-13,15-16,19,45H,5,8-9,14H2,1-4H3/b27-17+,42-23?. The van der Waals surface area contributed by atoms with E-state index in [0.717, 1.165) is 35.7 Å². The number of methoxy groups -OCH3 is 1. The van der Waals surface area contributed by atoms with Crippen molar-refractivity contribution in [1.29, 1.82) is 0 Å². The molecule has 4 aromatic rings. The van der Waals surface area contributed by atoms with Crippen LogP contribution in [0, 0.1) is 12.7 Å². The molecule has 1 N–H and O–H groups in total. The molecule has 14 heteroatoms. The summed E-state index contributed by atoms with van der Waals surface area (Å²) in [5.41, 5.74) is 0.861. The molecule has 8 nitrogen and oxygen atoms in total. The van der Waals surface area contributed by atoms with E-state index in [2.05, 4.69) is 19.9 Å². The average Bonchev–Trinajstić information content (AvgIpc) is 3.74. The van der Waals surface area contributed by atoms with Crippen molar-refractivity contribution in [2.75, 3.05) is 7.11 Å². The highest BCUT2D eigenvalue weighted by molar-refractivity contribution is 6.36. The zero-order chi connectivity index (χ0) is 33.4. The Labute approximate surface area is 266 Å². The van der Waals surface area contributed by atoms with Crippen LogP contribution >= 0.6 is 0 Å². The second-order valence-electron chi connectivity index (χ2n) is 11.2. The molecular weight excluding hydrogens is 598 g/mol. The summed E-state index contributed by atoms with van der Waals surface area (Å²) >= 11 is 0. The summed E-state index contributed by atoms with van der Waals surface area (Å²) in [5, 5.41) is 10.1. The Morgan fingerprint density at radius 2 is 1.89 bits per heavy atom. The lowest BCUT2D eigenvalue weighted by Gasteiger charge is -2.23. The molecule has 0 unspecified atom stereocenters. The first kappa shape index (κ1) is 33.1. The van der Waals surface area contributed by atoms with E-state index in [-0.39, 0.29) is 23.5 Å². The van der Waals surface area contributed by atoms with E-state index >= 15 is 4.39 Å². The van der Waals surface area contributed by atoms with Crippen LogP contribution in [0.15, 0.2) is 59.6 Å². The van der Waals surface area contributed by atoms with Crippen molar-refractivity contribution in [2.24, 2.45) is 4.99 Å². The number of ether oxygens (including phenoxy) is 1. The van der Waals surface area contributed by atoms with Crippen molar-refractivity contribution in [3.63, 3.8) is 0 Å². The van der Waals surface area contributed by atoms with Gasteiger partial charge in [-0.2, -0.15) is 13.2 Å². The van der Waals surface area contributed by atoms with Crippen LogP contribution in [0.2, 0.25) is 0 Å². The first-order valence-electron chi connectivity index (χ1n) is 14.6. The van der Waals surface area contributed by atoms with Gasteiger partial charge >= 0.3 is 6.18 Å². The lowest BCUT2D eigenvalue weighted by molar-refractivity contribution is -0.141. The zero-order valence-electron chi connectivity index (χ0n) is 25.7. The van der Waals surface area contributed by atoms with Crippen LogP contribution in [0.1, 0.15) is 72.8 Å². The summed E-state index contributed by atoms with van der Waals surface area (Å²) in [7, 11) is 12.5. The van der Waals surface area contributed by atoms with Gasteiger partial charge in [0, 0.05) is 30.3 Å². The van der Waals surface area contributed by atoms with E-state index in [4.69, 9.17) is 25.4 Å². The topological polar surface area (TPSA) is 98.3 Å². The Morgan fingerprint density at radius 3 is 2.48 bits per heavy atom. The van der Waals surface area contributed by atoms with Crippen LogP contribution in [0.4, 0.5) is 17.6 Å². The van der Waals surface area contributed by atoms with Crippen LogP contribution < -0.4 is 4.74 Å². The molecule has 0 bridgehead atoms. The van der Waals surface area contributed by atoms with E-state index in [1.165, 1.54) is 25.6 Å². The third kappa shape index (κ3) is 6.91. The van der Waals surface area contributed by atoms with Crippen LogP contribution in [0.3, 0.4) is 0 Å². The van der Waals surface area contributed by atoms with Gasteiger partial charge in [-0.1, -0.05) is 25.1 Å². The van der Waals surface area contributed by atoms with E-state index in [1.807, 2.05) is 26.8 Å². The molecule has 3 heterocycles. The smallest absolute Gasteiger partial charge is 0.434 e. The van der Waals surface area contributed by atoms with Gasteiger partial charge in [0.1, 0.15) is 33.7 Å². The third-order valence-corrected chi connectivity index (χ3v) is 7.75. The molecule has 0 saturated heterocycles. The van der Waals surface area contributed by atoms with E-state index in [0.29, 0.717) is 45.7 Å². The molecule has 4 radical (unpaired) electrons. The summed E-state index contributed by atoms with van der Waals surface area (Å²) in [6.07, 6.45) is 1.28. The molecular formula is C32H30B2F4N6O2. The number of hydrogen-bond acceptors (Lipinski definition) is 7. The molecule has 0 aliphatic heterocycles. The van der Waals surface area contributed by atoms with Crippen molar-refractivity contribution in [3.05, 3.63) is 94.2 Å². The maximum Gasteiger partial charge on any atom is 0.434 e. The molecule has 3 aromatic heterocycles. The highest BCUT2D eigenvalue weighted by Gasteiger charge is 2.37. The number of hydrogen-bond donors (Lipinski definition) is 1. The number of allylic oxidation sites excluding steroid dienone is 1. The number of pyridine rings is 1. The Kier molecular flexibility index (Phi) is 9.21. The van der Waals surface area contributed by atoms with E-state index in [1.54, 1.807) is 12.3 Å². The fourth-order valence-electron chi connectivity index (χ4n) is 5.06. The fourth-order valence-corrected chi connectivity index (χ4v) is 5.06. The lowest BCUT2D eigenvalue weighted by atomic mass is 9.73. The predicted octanol–water partition coefficient (Wildman–Crippen LogP) is 5.86. The number of aliphatic hydroxyl groups is 1. The number of halogens is 4. The van der Waals surface area contributed by atoms with E-state index < -0.39 is 29.0 Å². The van der Waals surface area contributed by atoms with Gasteiger partial charge in [0.05, 0.1) is 41.0 Å². The molecule has 0 amide bonds. The first-order chi connectivity index (χ1) is 21.7. The average molecular weight is 628 g/mol. The Balaban J connectivity index is 1.64.